The van der Waals surface area contributed by atoms with Crippen molar-refractivity contribution in [2.75, 3.05) is 19.6 Å². The Bertz CT molecular complexity index is 592. The van der Waals surface area contributed by atoms with Crippen molar-refractivity contribution >= 4 is 11.9 Å². The standard InChI is InChI=1S/C16H18N2O2/c1-12-4-7-14(8-5-12)18-17-11-13-6-9-15(19-2)16(10-13)20-3/h4-11,18H,1-3H3/b17-11+. The number of hydrogen-bond acceptors (Lipinski definition) is 4. The van der Waals surface area contributed by atoms with Crippen LogP contribution in [0.2, 0.25) is 0 Å². The molecule has 0 atom stereocenters. The van der Waals surface area contributed by atoms with E-state index in [0.717, 1.165) is 11.3 Å². The van der Waals surface area contributed by atoms with Crippen molar-refractivity contribution in [1.29, 1.82) is 0 Å². The number of nitrogens with zero attached hydrogens (tertiary/aromatic N) is 1. The molecule has 1 N–H and O–H groups in total. The van der Waals surface area contributed by atoms with Gasteiger partial charge in [0.05, 0.1) is 26.1 Å². The second-order valence-electron chi connectivity index (χ2n) is 4.35. The predicted octanol–water partition coefficient (Wildman–Crippen LogP) is 3.46. The fourth-order valence-electron chi connectivity index (χ4n) is 1.74. The predicted molar refractivity (Wildman–Crippen MR) is 81.9 cm³/mol. The summed E-state index contributed by atoms with van der Waals surface area (Å²) < 4.78 is 10.4. The van der Waals surface area contributed by atoms with Crippen LogP contribution in [0.25, 0.3) is 0 Å². The average Bonchev–Trinajstić information content (AvgIpc) is 2.49. The lowest BCUT2D eigenvalue weighted by Gasteiger charge is -2.07. The van der Waals surface area contributed by atoms with Gasteiger partial charge in [-0.25, -0.2) is 0 Å². The number of anilines is 1. The summed E-state index contributed by atoms with van der Waals surface area (Å²) in [6.07, 6.45) is 1.74. The lowest BCUT2D eigenvalue weighted by Crippen LogP contribution is -1.94. The number of rotatable bonds is 5. The number of nitrogens with one attached hydrogen (secondary N) is 1. The van der Waals surface area contributed by atoms with E-state index in [9.17, 15) is 0 Å². The summed E-state index contributed by atoms with van der Waals surface area (Å²) in [6.45, 7) is 2.05. The minimum Gasteiger partial charge on any atom is -0.493 e. The van der Waals surface area contributed by atoms with Crippen LogP contribution in [0.1, 0.15) is 11.1 Å². The van der Waals surface area contributed by atoms with E-state index in [0.29, 0.717) is 11.5 Å². The summed E-state index contributed by atoms with van der Waals surface area (Å²) in [5.74, 6) is 1.39. The van der Waals surface area contributed by atoms with Crippen LogP contribution >= 0.6 is 0 Å². The molecule has 0 aliphatic carbocycles. The van der Waals surface area contributed by atoms with E-state index in [1.807, 2.05) is 42.5 Å². The molecule has 2 aromatic carbocycles. The summed E-state index contributed by atoms with van der Waals surface area (Å²) in [5, 5.41) is 4.20. The maximum Gasteiger partial charge on any atom is 0.161 e. The molecule has 0 saturated heterocycles. The number of methoxy groups -OCH3 is 2. The van der Waals surface area contributed by atoms with Gasteiger partial charge in [-0.05, 0) is 42.8 Å². The van der Waals surface area contributed by atoms with Crippen LogP contribution in [-0.4, -0.2) is 20.4 Å². The molecule has 104 valence electrons. The Labute approximate surface area is 119 Å². The molecule has 2 rings (SSSR count). The highest BCUT2D eigenvalue weighted by atomic mass is 16.5. The molecular weight excluding hydrogens is 252 g/mol. The quantitative estimate of drug-likeness (QED) is 0.668. The zero-order valence-electron chi connectivity index (χ0n) is 11.9. The first kappa shape index (κ1) is 13.9. The fraction of sp³-hybridized carbons (Fsp3) is 0.188. The van der Waals surface area contributed by atoms with Gasteiger partial charge in [-0.3, -0.25) is 5.43 Å². The van der Waals surface area contributed by atoms with Crippen LogP contribution in [0.3, 0.4) is 0 Å². The number of hydrazone groups is 1. The number of benzene rings is 2. The van der Waals surface area contributed by atoms with Gasteiger partial charge in [-0.2, -0.15) is 5.10 Å². The highest BCUT2D eigenvalue weighted by molar-refractivity contribution is 5.81. The van der Waals surface area contributed by atoms with Gasteiger partial charge < -0.3 is 9.47 Å². The molecule has 0 unspecified atom stereocenters. The van der Waals surface area contributed by atoms with Gasteiger partial charge in [0, 0.05) is 0 Å². The summed E-state index contributed by atoms with van der Waals surface area (Å²) in [6, 6.07) is 13.7. The Kier molecular flexibility index (Phi) is 4.60. The average molecular weight is 270 g/mol. The molecular formula is C16H18N2O2. The first-order chi connectivity index (χ1) is 9.72. The van der Waals surface area contributed by atoms with E-state index < -0.39 is 0 Å². The largest absolute Gasteiger partial charge is 0.493 e. The smallest absolute Gasteiger partial charge is 0.161 e. The Balaban J connectivity index is 2.05. The summed E-state index contributed by atoms with van der Waals surface area (Å²) in [4.78, 5) is 0. The van der Waals surface area contributed by atoms with Gasteiger partial charge in [0.1, 0.15) is 0 Å². The van der Waals surface area contributed by atoms with Crippen molar-refractivity contribution < 1.29 is 9.47 Å². The highest BCUT2D eigenvalue weighted by Gasteiger charge is 2.02. The number of aryl methyl sites for hydroxylation is 1. The van der Waals surface area contributed by atoms with Crippen molar-refractivity contribution in [3.8, 4) is 11.5 Å². The third kappa shape index (κ3) is 3.51. The van der Waals surface area contributed by atoms with Gasteiger partial charge in [0.2, 0.25) is 0 Å². The van der Waals surface area contributed by atoms with Crippen LogP contribution < -0.4 is 14.9 Å². The molecule has 0 aromatic heterocycles. The number of hydrogen-bond donors (Lipinski definition) is 1. The Hall–Kier alpha value is -2.49. The molecule has 0 aliphatic rings. The molecule has 0 spiro atoms. The SMILES string of the molecule is COc1ccc(/C=N/Nc2ccc(C)cc2)cc1OC. The monoisotopic (exact) mass is 270 g/mol. The fourth-order valence-corrected chi connectivity index (χ4v) is 1.74. The molecule has 20 heavy (non-hydrogen) atoms. The van der Waals surface area contributed by atoms with Crippen LogP contribution in [-0.2, 0) is 0 Å². The summed E-state index contributed by atoms with van der Waals surface area (Å²) in [5.41, 5.74) is 6.09. The Morgan fingerprint density at radius 2 is 1.65 bits per heavy atom. The third-order valence-electron chi connectivity index (χ3n) is 2.87. The van der Waals surface area contributed by atoms with Gasteiger partial charge in [-0.1, -0.05) is 17.7 Å². The first-order valence-corrected chi connectivity index (χ1v) is 6.30. The maximum atomic E-state index is 5.25. The van der Waals surface area contributed by atoms with Crippen molar-refractivity contribution in [2.24, 2.45) is 5.10 Å². The summed E-state index contributed by atoms with van der Waals surface area (Å²) in [7, 11) is 3.23. The zero-order chi connectivity index (χ0) is 14.4. The van der Waals surface area contributed by atoms with Crippen LogP contribution in [0.5, 0.6) is 11.5 Å². The second-order valence-corrected chi connectivity index (χ2v) is 4.35. The van der Waals surface area contributed by atoms with E-state index in [1.165, 1.54) is 5.56 Å². The molecule has 2 aromatic rings. The first-order valence-electron chi connectivity index (χ1n) is 6.30. The minimum absolute atomic E-state index is 0.687. The van der Waals surface area contributed by atoms with Gasteiger partial charge in [0.25, 0.3) is 0 Å². The van der Waals surface area contributed by atoms with E-state index in [4.69, 9.17) is 9.47 Å². The van der Waals surface area contributed by atoms with Crippen LogP contribution in [0.15, 0.2) is 47.6 Å². The zero-order valence-corrected chi connectivity index (χ0v) is 11.9. The van der Waals surface area contributed by atoms with E-state index in [1.54, 1.807) is 20.4 Å². The van der Waals surface area contributed by atoms with Crippen molar-refractivity contribution in [3.63, 3.8) is 0 Å². The topological polar surface area (TPSA) is 42.8 Å². The van der Waals surface area contributed by atoms with Gasteiger partial charge in [-0.15, -0.1) is 0 Å². The third-order valence-corrected chi connectivity index (χ3v) is 2.87. The van der Waals surface area contributed by atoms with Crippen LogP contribution in [0.4, 0.5) is 5.69 Å². The molecule has 0 fully saturated rings. The van der Waals surface area contributed by atoms with E-state index in [2.05, 4.69) is 17.5 Å². The van der Waals surface area contributed by atoms with Crippen molar-refractivity contribution in [2.45, 2.75) is 6.92 Å². The highest BCUT2D eigenvalue weighted by Crippen LogP contribution is 2.26. The Morgan fingerprint density at radius 3 is 2.30 bits per heavy atom. The molecule has 0 radical (unpaired) electrons. The van der Waals surface area contributed by atoms with E-state index in [-0.39, 0.29) is 0 Å². The number of ether oxygens (including phenoxy) is 2. The van der Waals surface area contributed by atoms with Gasteiger partial charge >= 0.3 is 0 Å². The summed E-state index contributed by atoms with van der Waals surface area (Å²) >= 11 is 0. The molecule has 0 amide bonds. The van der Waals surface area contributed by atoms with Crippen molar-refractivity contribution in [3.05, 3.63) is 53.6 Å². The Morgan fingerprint density at radius 1 is 0.950 bits per heavy atom. The minimum atomic E-state index is 0.687. The maximum absolute atomic E-state index is 5.25. The lowest BCUT2D eigenvalue weighted by molar-refractivity contribution is 0.355. The van der Waals surface area contributed by atoms with E-state index >= 15 is 0 Å². The van der Waals surface area contributed by atoms with Crippen molar-refractivity contribution in [1.82, 2.24) is 0 Å². The molecule has 0 bridgehead atoms. The molecule has 0 saturated carbocycles. The lowest BCUT2D eigenvalue weighted by atomic mass is 10.2. The normalized spacial score (nSPS) is 10.6. The molecule has 0 aliphatic heterocycles. The van der Waals surface area contributed by atoms with Crippen LogP contribution in [0, 0.1) is 6.92 Å². The molecule has 4 heteroatoms. The van der Waals surface area contributed by atoms with Gasteiger partial charge in [0.15, 0.2) is 11.5 Å². The molecule has 4 nitrogen and oxygen atoms in total. The molecule has 0 heterocycles. The second kappa shape index (κ2) is 6.61.